The van der Waals surface area contributed by atoms with E-state index in [1.807, 2.05) is 50.2 Å². The van der Waals surface area contributed by atoms with Crippen molar-refractivity contribution >= 4 is 27.3 Å². The van der Waals surface area contributed by atoms with Crippen LogP contribution in [0.1, 0.15) is 11.1 Å². The van der Waals surface area contributed by atoms with E-state index in [0.29, 0.717) is 16.9 Å². The first-order valence-corrected chi connectivity index (χ1v) is 10.4. The first-order valence-electron chi connectivity index (χ1n) is 8.95. The standard InChI is InChI=1S/C22H20N2O3S/c1-15-6-5-7-17(12-15)23-22(25)14-24-20-11-10-16(2)13-19(20)18-8-3-4-9-21(18)28(24,26)27/h3-13H,14H2,1-2H3,(H,23,25). The van der Waals surface area contributed by atoms with Crippen LogP contribution in [-0.4, -0.2) is 20.9 Å². The van der Waals surface area contributed by atoms with Crippen molar-refractivity contribution in [3.05, 3.63) is 77.9 Å². The molecule has 1 aliphatic rings. The maximum absolute atomic E-state index is 13.2. The molecule has 0 radical (unpaired) electrons. The van der Waals surface area contributed by atoms with E-state index in [-0.39, 0.29) is 17.3 Å². The summed E-state index contributed by atoms with van der Waals surface area (Å²) in [5.74, 6) is -0.389. The Labute approximate surface area is 164 Å². The van der Waals surface area contributed by atoms with Crippen molar-refractivity contribution < 1.29 is 13.2 Å². The molecule has 0 saturated carbocycles. The second kappa shape index (κ2) is 6.80. The minimum absolute atomic E-state index is 0.219. The van der Waals surface area contributed by atoms with Crippen molar-refractivity contribution in [2.45, 2.75) is 18.7 Å². The number of hydrogen-bond acceptors (Lipinski definition) is 3. The first-order chi connectivity index (χ1) is 13.4. The highest BCUT2D eigenvalue weighted by molar-refractivity contribution is 7.93. The van der Waals surface area contributed by atoms with Gasteiger partial charge in [-0.15, -0.1) is 0 Å². The molecule has 1 aliphatic heterocycles. The van der Waals surface area contributed by atoms with E-state index in [1.165, 1.54) is 4.31 Å². The normalized spacial score (nSPS) is 14.1. The van der Waals surface area contributed by atoms with Gasteiger partial charge in [0, 0.05) is 16.8 Å². The number of aryl methyl sites for hydroxylation is 2. The number of hydrogen-bond donors (Lipinski definition) is 1. The van der Waals surface area contributed by atoms with Crippen LogP contribution in [0.4, 0.5) is 11.4 Å². The van der Waals surface area contributed by atoms with E-state index in [2.05, 4.69) is 5.32 Å². The maximum atomic E-state index is 13.2. The molecule has 5 nitrogen and oxygen atoms in total. The SMILES string of the molecule is Cc1cccc(NC(=O)CN2c3ccc(C)cc3-c3ccccc3S2(=O)=O)c1. The number of nitrogens with one attached hydrogen (secondary N) is 1. The first kappa shape index (κ1) is 18.3. The van der Waals surface area contributed by atoms with Crippen molar-refractivity contribution in [1.29, 1.82) is 0 Å². The number of anilines is 2. The van der Waals surface area contributed by atoms with Crippen molar-refractivity contribution in [2.75, 3.05) is 16.2 Å². The van der Waals surface area contributed by atoms with Crippen molar-refractivity contribution in [2.24, 2.45) is 0 Å². The van der Waals surface area contributed by atoms with Gasteiger partial charge in [-0.1, -0.05) is 42.0 Å². The van der Waals surface area contributed by atoms with E-state index in [0.717, 1.165) is 16.7 Å². The molecule has 142 valence electrons. The zero-order chi connectivity index (χ0) is 19.9. The lowest BCUT2D eigenvalue weighted by Crippen LogP contribution is -2.40. The van der Waals surface area contributed by atoms with Crippen LogP contribution < -0.4 is 9.62 Å². The molecule has 3 aromatic rings. The lowest BCUT2D eigenvalue weighted by atomic mass is 10.0. The van der Waals surface area contributed by atoms with Gasteiger partial charge in [-0.25, -0.2) is 8.42 Å². The average molecular weight is 392 g/mol. The van der Waals surface area contributed by atoms with E-state index in [1.54, 1.807) is 30.3 Å². The Bertz CT molecular complexity index is 1190. The molecule has 28 heavy (non-hydrogen) atoms. The molecule has 3 aromatic carbocycles. The third-order valence-corrected chi connectivity index (χ3v) is 6.57. The van der Waals surface area contributed by atoms with Crippen LogP contribution in [-0.2, 0) is 14.8 Å². The molecule has 1 N–H and O–H groups in total. The van der Waals surface area contributed by atoms with Gasteiger partial charge in [-0.3, -0.25) is 9.10 Å². The molecule has 0 unspecified atom stereocenters. The summed E-state index contributed by atoms with van der Waals surface area (Å²) in [6, 6.07) is 19.9. The zero-order valence-electron chi connectivity index (χ0n) is 15.6. The molecule has 0 aromatic heterocycles. The predicted molar refractivity (Wildman–Crippen MR) is 111 cm³/mol. The topological polar surface area (TPSA) is 66.5 Å². The summed E-state index contributed by atoms with van der Waals surface area (Å²) in [6.45, 7) is 3.60. The van der Waals surface area contributed by atoms with Crippen LogP contribution in [0.25, 0.3) is 11.1 Å². The van der Waals surface area contributed by atoms with Crippen LogP contribution >= 0.6 is 0 Å². The number of nitrogens with zero attached hydrogens (tertiary/aromatic N) is 1. The Balaban J connectivity index is 1.74. The van der Waals surface area contributed by atoms with E-state index < -0.39 is 10.0 Å². The summed E-state index contributed by atoms with van der Waals surface area (Å²) in [6.07, 6.45) is 0. The summed E-state index contributed by atoms with van der Waals surface area (Å²) in [5.41, 5.74) is 4.67. The number of rotatable bonds is 3. The van der Waals surface area contributed by atoms with Gasteiger partial charge in [0.05, 0.1) is 10.6 Å². The predicted octanol–water partition coefficient (Wildman–Crippen LogP) is 4.12. The van der Waals surface area contributed by atoms with Gasteiger partial charge >= 0.3 is 0 Å². The highest BCUT2D eigenvalue weighted by Crippen LogP contribution is 2.43. The summed E-state index contributed by atoms with van der Waals surface area (Å²) >= 11 is 0. The molecule has 1 heterocycles. The quantitative estimate of drug-likeness (QED) is 0.729. The molecule has 0 saturated heterocycles. The Morgan fingerprint density at radius 2 is 1.64 bits per heavy atom. The van der Waals surface area contributed by atoms with Gasteiger partial charge in [0.2, 0.25) is 5.91 Å². The monoisotopic (exact) mass is 392 g/mol. The maximum Gasteiger partial charge on any atom is 0.265 e. The van der Waals surface area contributed by atoms with E-state index in [9.17, 15) is 13.2 Å². The molecule has 0 spiro atoms. The molecule has 1 amide bonds. The number of carbonyl (C=O) groups excluding carboxylic acids is 1. The summed E-state index contributed by atoms with van der Waals surface area (Å²) in [7, 11) is -3.83. The van der Waals surface area contributed by atoms with Crippen molar-refractivity contribution in [1.82, 2.24) is 0 Å². The molecular formula is C22H20N2O3S. The smallest absolute Gasteiger partial charge is 0.265 e. The van der Waals surface area contributed by atoms with Crippen molar-refractivity contribution in [3.8, 4) is 11.1 Å². The molecule has 0 atom stereocenters. The van der Waals surface area contributed by atoms with E-state index >= 15 is 0 Å². The second-order valence-corrected chi connectivity index (χ2v) is 8.78. The highest BCUT2D eigenvalue weighted by Gasteiger charge is 2.35. The van der Waals surface area contributed by atoms with Crippen LogP contribution in [0.3, 0.4) is 0 Å². The van der Waals surface area contributed by atoms with Gasteiger partial charge in [-0.05, 0) is 49.7 Å². The van der Waals surface area contributed by atoms with Gasteiger partial charge in [0.25, 0.3) is 10.0 Å². The Morgan fingerprint density at radius 3 is 2.43 bits per heavy atom. The lowest BCUT2D eigenvalue weighted by molar-refractivity contribution is -0.114. The molecule has 0 fully saturated rings. The summed E-state index contributed by atoms with van der Waals surface area (Å²) < 4.78 is 27.7. The van der Waals surface area contributed by atoms with Crippen molar-refractivity contribution in [3.63, 3.8) is 0 Å². The van der Waals surface area contributed by atoms with Crippen LogP contribution in [0.5, 0.6) is 0 Å². The number of fused-ring (bicyclic) bond motifs is 3. The fraction of sp³-hybridized carbons (Fsp3) is 0.136. The van der Waals surface area contributed by atoms with E-state index in [4.69, 9.17) is 0 Å². The number of benzene rings is 3. The molecule has 0 bridgehead atoms. The highest BCUT2D eigenvalue weighted by atomic mass is 32.2. The average Bonchev–Trinajstić information content (AvgIpc) is 2.65. The third-order valence-electron chi connectivity index (χ3n) is 4.76. The largest absolute Gasteiger partial charge is 0.325 e. The number of sulfonamides is 1. The summed E-state index contributed by atoms with van der Waals surface area (Å²) in [4.78, 5) is 12.9. The minimum atomic E-state index is -3.83. The molecule has 4 rings (SSSR count). The zero-order valence-corrected chi connectivity index (χ0v) is 16.5. The third kappa shape index (κ3) is 3.16. The second-order valence-electron chi connectivity index (χ2n) is 6.95. The number of amides is 1. The molecule has 0 aliphatic carbocycles. The molecular weight excluding hydrogens is 372 g/mol. The Morgan fingerprint density at radius 1 is 0.893 bits per heavy atom. The summed E-state index contributed by atoms with van der Waals surface area (Å²) in [5, 5.41) is 2.79. The fourth-order valence-electron chi connectivity index (χ4n) is 3.47. The fourth-order valence-corrected chi connectivity index (χ4v) is 5.12. The number of carbonyl (C=O) groups is 1. The van der Waals surface area contributed by atoms with Crippen LogP contribution in [0.15, 0.2) is 71.6 Å². The van der Waals surface area contributed by atoms with Crippen LogP contribution in [0.2, 0.25) is 0 Å². The minimum Gasteiger partial charge on any atom is -0.325 e. The van der Waals surface area contributed by atoms with Gasteiger partial charge in [-0.2, -0.15) is 0 Å². The lowest BCUT2D eigenvalue weighted by Gasteiger charge is -2.31. The van der Waals surface area contributed by atoms with Crippen LogP contribution in [0, 0.1) is 13.8 Å². The van der Waals surface area contributed by atoms with Gasteiger partial charge in [0.15, 0.2) is 0 Å². The van der Waals surface area contributed by atoms with Gasteiger partial charge in [0.1, 0.15) is 6.54 Å². The van der Waals surface area contributed by atoms with Gasteiger partial charge < -0.3 is 5.32 Å². The molecule has 6 heteroatoms. The Kier molecular flexibility index (Phi) is 4.43. The Hall–Kier alpha value is -3.12.